The molecule has 0 radical (unpaired) electrons. The molecule has 12 heteroatoms. The number of aromatic nitrogens is 3. The zero-order chi connectivity index (χ0) is 22.5. The number of rotatable bonds is 5. The van der Waals surface area contributed by atoms with E-state index in [1.165, 1.54) is 23.1 Å². The standard InChI is InChI=1S/C20H18ClF3N6S2/c1-31-12-5-15(32-9-12)17-13(20(22,23)24)7-26-19(29-17)27-14-2-3-16(28-18(14)21)30-8-10-4-11(30)6-25-10/h2-3,5,7,9-11,25H,4,6,8H2,1H3,(H,26,27,29). The van der Waals surface area contributed by atoms with Crippen molar-refractivity contribution >= 4 is 52.2 Å². The van der Waals surface area contributed by atoms with Crippen LogP contribution < -0.4 is 15.5 Å². The Bertz CT molecular complexity index is 1150. The largest absolute Gasteiger partial charge is 0.420 e. The number of hydrogen-bond donors (Lipinski definition) is 2. The summed E-state index contributed by atoms with van der Waals surface area (Å²) in [6, 6.07) is 6.17. The Morgan fingerprint density at radius 3 is 2.78 bits per heavy atom. The van der Waals surface area contributed by atoms with E-state index in [9.17, 15) is 13.2 Å². The first-order valence-electron chi connectivity index (χ1n) is 9.82. The summed E-state index contributed by atoms with van der Waals surface area (Å²) in [4.78, 5) is 16.1. The van der Waals surface area contributed by atoms with Gasteiger partial charge in [-0.1, -0.05) is 11.6 Å². The molecular weight excluding hydrogens is 481 g/mol. The highest BCUT2D eigenvalue weighted by Gasteiger charge is 2.38. The van der Waals surface area contributed by atoms with E-state index in [4.69, 9.17) is 11.6 Å². The second-order valence-electron chi connectivity index (χ2n) is 7.58. The number of nitrogens with one attached hydrogen (secondary N) is 2. The predicted molar refractivity (Wildman–Crippen MR) is 122 cm³/mol. The van der Waals surface area contributed by atoms with Gasteiger partial charge in [0.15, 0.2) is 5.15 Å². The van der Waals surface area contributed by atoms with Crippen molar-refractivity contribution in [1.29, 1.82) is 0 Å². The monoisotopic (exact) mass is 498 g/mol. The first-order chi connectivity index (χ1) is 15.3. The topological polar surface area (TPSA) is 66.0 Å². The molecule has 0 amide bonds. The molecule has 0 saturated carbocycles. The maximum absolute atomic E-state index is 13.6. The van der Waals surface area contributed by atoms with Gasteiger partial charge in [0.25, 0.3) is 0 Å². The van der Waals surface area contributed by atoms with Crippen LogP contribution in [0.5, 0.6) is 0 Å². The fourth-order valence-corrected chi connectivity index (χ4v) is 5.84. The highest BCUT2D eigenvalue weighted by molar-refractivity contribution is 7.98. The number of nitrogens with zero attached hydrogens (tertiary/aromatic N) is 4. The Morgan fingerprint density at radius 2 is 2.16 bits per heavy atom. The zero-order valence-electron chi connectivity index (χ0n) is 16.8. The lowest BCUT2D eigenvalue weighted by Gasteiger charge is -2.28. The summed E-state index contributed by atoms with van der Waals surface area (Å²) in [5.74, 6) is 0.805. The van der Waals surface area contributed by atoms with E-state index in [1.807, 2.05) is 12.3 Å². The molecule has 2 N–H and O–H groups in total. The normalized spacial score (nSPS) is 20.2. The van der Waals surface area contributed by atoms with Crippen LogP contribution in [0.25, 0.3) is 10.6 Å². The van der Waals surface area contributed by atoms with Gasteiger partial charge < -0.3 is 15.5 Å². The molecule has 5 rings (SSSR count). The van der Waals surface area contributed by atoms with Crippen LogP contribution in [-0.2, 0) is 6.18 Å². The van der Waals surface area contributed by atoms with Crippen LogP contribution in [0.15, 0.2) is 34.7 Å². The third-order valence-electron chi connectivity index (χ3n) is 5.57. The lowest BCUT2D eigenvalue weighted by atomic mass is 10.2. The van der Waals surface area contributed by atoms with Crippen molar-refractivity contribution in [3.8, 4) is 10.6 Å². The third kappa shape index (κ3) is 4.14. The molecular formula is C20H18ClF3N6S2. The van der Waals surface area contributed by atoms with Crippen LogP contribution in [0.1, 0.15) is 12.0 Å². The Balaban J connectivity index is 1.43. The van der Waals surface area contributed by atoms with Crippen molar-refractivity contribution in [2.24, 2.45) is 0 Å². The number of thiophene rings is 1. The maximum Gasteiger partial charge on any atom is 0.420 e. The van der Waals surface area contributed by atoms with E-state index in [2.05, 4.69) is 30.5 Å². The van der Waals surface area contributed by atoms with Gasteiger partial charge in [-0.05, 0) is 30.9 Å². The third-order valence-corrected chi connectivity index (χ3v) is 7.65. The van der Waals surface area contributed by atoms with E-state index in [0.717, 1.165) is 36.4 Å². The SMILES string of the molecule is CSc1csc(-c2nc(Nc3ccc(N4CC5CC4CN5)nc3Cl)ncc2C(F)(F)F)c1. The second-order valence-corrected chi connectivity index (χ2v) is 9.73. The number of thioether (sulfide) groups is 1. The number of halogens is 4. The van der Waals surface area contributed by atoms with Gasteiger partial charge in [-0.25, -0.2) is 15.0 Å². The summed E-state index contributed by atoms with van der Waals surface area (Å²) in [6.45, 7) is 1.80. The average Bonchev–Trinajstić information content (AvgIpc) is 3.51. The van der Waals surface area contributed by atoms with Crippen molar-refractivity contribution in [2.45, 2.75) is 29.6 Å². The van der Waals surface area contributed by atoms with Gasteiger partial charge in [-0.3, -0.25) is 0 Å². The van der Waals surface area contributed by atoms with Crippen LogP contribution in [-0.4, -0.2) is 46.4 Å². The van der Waals surface area contributed by atoms with Gasteiger partial charge in [-0.2, -0.15) is 13.2 Å². The first-order valence-corrected chi connectivity index (χ1v) is 12.3. The van der Waals surface area contributed by atoms with Crippen molar-refractivity contribution in [1.82, 2.24) is 20.3 Å². The molecule has 168 valence electrons. The van der Waals surface area contributed by atoms with Crippen molar-refractivity contribution in [3.05, 3.63) is 40.5 Å². The average molecular weight is 499 g/mol. The van der Waals surface area contributed by atoms with Gasteiger partial charge >= 0.3 is 6.18 Å². The van der Waals surface area contributed by atoms with Crippen LogP contribution in [0.3, 0.4) is 0 Å². The summed E-state index contributed by atoms with van der Waals surface area (Å²) < 4.78 is 40.7. The second kappa shape index (κ2) is 8.36. The molecule has 32 heavy (non-hydrogen) atoms. The summed E-state index contributed by atoms with van der Waals surface area (Å²) >= 11 is 9.06. The molecule has 2 aliphatic rings. The smallest absolute Gasteiger partial charge is 0.351 e. The van der Waals surface area contributed by atoms with E-state index in [1.54, 1.807) is 17.5 Å². The summed E-state index contributed by atoms with van der Waals surface area (Å²) in [7, 11) is 0. The highest BCUT2D eigenvalue weighted by atomic mass is 35.5. The number of pyridine rings is 1. The maximum atomic E-state index is 13.6. The van der Waals surface area contributed by atoms with Crippen LogP contribution >= 0.6 is 34.7 Å². The highest BCUT2D eigenvalue weighted by Crippen LogP contribution is 2.40. The quantitative estimate of drug-likeness (QED) is 0.366. The van der Waals surface area contributed by atoms with Crippen LogP contribution in [0.2, 0.25) is 5.15 Å². The molecule has 0 spiro atoms. The Kier molecular flexibility index (Phi) is 5.68. The predicted octanol–water partition coefficient (Wildman–Crippen LogP) is 5.29. The number of fused-ring (bicyclic) bond motifs is 2. The van der Waals surface area contributed by atoms with Crippen LogP contribution in [0.4, 0.5) is 30.6 Å². The fraction of sp³-hybridized carbons (Fsp3) is 0.350. The molecule has 5 heterocycles. The van der Waals surface area contributed by atoms with Gasteiger partial charge in [0.2, 0.25) is 5.95 Å². The Morgan fingerprint density at radius 1 is 1.31 bits per heavy atom. The lowest BCUT2D eigenvalue weighted by Crippen LogP contribution is -2.44. The first kappa shape index (κ1) is 21.7. The Labute approximate surface area is 195 Å². The molecule has 2 bridgehead atoms. The van der Waals surface area contributed by atoms with E-state index >= 15 is 0 Å². The number of hydrogen-bond acceptors (Lipinski definition) is 8. The summed E-state index contributed by atoms with van der Waals surface area (Å²) in [5, 5.41) is 8.37. The molecule has 0 aliphatic carbocycles. The molecule has 0 aromatic carbocycles. The van der Waals surface area contributed by atoms with Gasteiger partial charge in [-0.15, -0.1) is 23.1 Å². The number of anilines is 3. The number of alkyl halides is 3. The molecule has 2 fully saturated rings. The van der Waals surface area contributed by atoms with Crippen molar-refractivity contribution in [3.63, 3.8) is 0 Å². The van der Waals surface area contributed by atoms with E-state index in [0.29, 0.717) is 22.6 Å². The van der Waals surface area contributed by atoms with Crippen molar-refractivity contribution < 1.29 is 13.2 Å². The summed E-state index contributed by atoms with van der Waals surface area (Å²) in [5.41, 5.74) is -0.615. The van der Waals surface area contributed by atoms with Crippen molar-refractivity contribution in [2.75, 3.05) is 29.6 Å². The van der Waals surface area contributed by atoms with Gasteiger partial charge in [0, 0.05) is 41.6 Å². The molecule has 2 unspecified atom stereocenters. The molecule has 3 aromatic rings. The molecule has 2 aliphatic heterocycles. The van der Waals surface area contributed by atoms with E-state index in [-0.39, 0.29) is 16.8 Å². The molecule has 2 saturated heterocycles. The number of piperazine rings is 1. The minimum absolute atomic E-state index is 0.0213. The lowest BCUT2D eigenvalue weighted by molar-refractivity contribution is -0.137. The molecule has 2 atom stereocenters. The zero-order valence-corrected chi connectivity index (χ0v) is 19.2. The van der Waals surface area contributed by atoms with Crippen LogP contribution in [0, 0.1) is 0 Å². The molecule has 6 nitrogen and oxygen atoms in total. The summed E-state index contributed by atoms with van der Waals surface area (Å²) in [6.07, 6.45) is -0.816. The minimum Gasteiger partial charge on any atom is -0.351 e. The Hall–Kier alpha value is -2.08. The minimum atomic E-state index is -4.57. The molecule has 3 aromatic heterocycles. The fourth-order valence-electron chi connectivity index (χ4n) is 4.03. The van der Waals surface area contributed by atoms with E-state index < -0.39 is 11.7 Å². The van der Waals surface area contributed by atoms with Gasteiger partial charge in [0.1, 0.15) is 11.4 Å². The van der Waals surface area contributed by atoms with Gasteiger partial charge in [0.05, 0.1) is 16.3 Å².